The molecular formula is C15H21Br2N3O. The summed E-state index contributed by atoms with van der Waals surface area (Å²) >= 11 is 6.70. The fourth-order valence-electron chi connectivity index (χ4n) is 2.42. The number of nitrogens with one attached hydrogen (secondary N) is 1. The van der Waals surface area contributed by atoms with Crippen LogP contribution in [0.5, 0.6) is 0 Å². The highest BCUT2D eigenvalue weighted by Gasteiger charge is 2.21. The van der Waals surface area contributed by atoms with Gasteiger partial charge >= 0.3 is 0 Å². The summed E-state index contributed by atoms with van der Waals surface area (Å²) in [4.78, 5) is 8.56. The van der Waals surface area contributed by atoms with E-state index in [2.05, 4.69) is 59.3 Å². The van der Waals surface area contributed by atoms with Crippen molar-refractivity contribution in [1.29, 1.82) is 0 Å². The maximum atomic E-state index is 5.84. The van der Waals surface area contributed by atoms with Gasteiger partial charge in [0.25, 0.3) is 0 Å². The lowest BCUT2D eigenvalue weighted by atomic mass is 9.93. The van der Waals surface area contributed by atoms with Crippen molar-refractivity contribution in [3.63, 3.8) is 0 Å². The van der Waals surface area contributed by atoms with Gasteiger partial charge in [-0.15, -0.1) is 0 Å². The van der Waals surface area contributed by atoms with Crippen LogP contribution in [0.25, 0.3) is 0 Å². The fourth-order valence-corrected chi connectivity index (χ4v) is 2.89. The molecule has 1 fully saturated rings. The molecule has 0 saturated heterocycles. The number of aromatic nitrogens is 2. The molecule has 1 aliphatic rings. The van der Waals surface area contributed by atoms with Crippen molar-refractivity contribution in [1.82, 2.24) is 15.3 Å². The van der Waals surface area contributed by atoms with Crippen LogP contribution in [0.15, 0.2) is 29.0 Å². The molecule has 6 heteroatoms. The average Bonchev–Trinajstić information content (AvgIpc) is 2.52. The molecule has 1 aromatic heterocycles. The number of rotatable bonds is 7. The van der Waals surface area contributed by atoms with Crippen LogP contribution in [-0.2, 0) is 11.3 Å². The Hall–Kier alpha value is -0.300. The van der Waals surface area contributed by atoms with Crippen molar-refractivity contribution in [2.24, 2.45) is 0 Å². The fraction of sp³-hybridized carbons (Fsp3) is 0.600. The van der Waals surface area contributed by atoms with E-state index >= 15 is 0 Å². The van der Waals surface area contributed by atoms with Gasteiger partial charge in [-0.25, -0.2) is 9.97 Å². The third-order valence-corrected chi connectivity index (χ3v) is 4.36. The molecule has 0 spiro atoms. The Labute approximate surface area is 143 Å². The molecule has 0 aromatic carbocycles. The van der Waals surface area contributed by atoms with E-state index in [0.717, 1.165) is 54.5 Å². The molecule has 0 radical (unpaired) electrons. The molecule has 116 valence electrons. The second-order valence-corrected chi connectivity index (χ2v) is 6.69. The maximum absolute atomic E-state index is 5.84. The second-order valence-electron chi connectivity index (χ2n) is 5.13. The number of hydrogen-bond donors (Lipinski definition) is 1. The largest absolute Gasteiger partial charge is 0.374 e. The summed E-state index contributed by atoms with van der Waals surface area (Å²) in [5.41, 5.74) is 0. The van der Waals surface area contributed by atoms with E-state index < -0.39 is 0 Å². The molecule has 2 rings (SSSR count). The molecule has 21 heavy (non-hydrogen) atoms. The molecule has 0 atom stereocenters. The topological polar surface area (TPSA) is 47.0 Å². The highest BCUT2D eigenvalue weighted by atomic mass is 79.9. The lowest BCUT2D eigenvalue weighted by molar-refractivity contribution is 0.0394. The third kappa shape index (κ3) is 6.55. The Morgan fingerprint density at radius 2 is 1.90 bits per heavy atom. The highest BCUT2D eigenvalue weighted by molar-refractivity contribution is 9.10. The van der Waals surface area contributed by atoms with E-state index in [1.165, 1.54) is 0 Å². The van der Waals surface area contributed by atoms with Gasteiger partial charge in [0.1, 0.15) is 5.82 Å². The Kier molecular flexibility index (Phi) is 7.85. The summed E-state index contributed by atoms with van der Waals surface area (Å²) in [6.45, 7) is 1.46. The van der Waals surface area contributed by atoms with Crippen LogP contribution in [0.4, 0.5) is 0 Å². The van der Waals surface area contributed by atoms with Crippen LogP contribution >= 0.6 is 31.9 Å². The maximum Gasteiger partial charge on any atom is 0.142 e. The van der Waals surface area contributed by atoms with Crippen LogP contribution in [0.3, 0.4) is 0 Å². The van der Waals surface area contributed by atoms with Gasteiger partial charge in [0.2, 0.25) is 0 Å². The summed E-state index contributed by atoms with van der Waals surface area (Å²) in [5.74, 6) is 0.844. The summed E-state index contributed by atoms with van der Waals surface area (Å²) in [6.07, 6.45) is 12.7. The van der Waals surface area contributed by atoms with Crippen LogP contribution < -0.4 is 5.32 Å². The van der Waals surface area contributed by atoms with Crippen LogP contribution in [0.2, 0.25) is 0 Å². The number of allylic oxidation sites excluding steroid dienone is 1. The first-order valence-corrected chi connectivity index (χ1v) is 9.21. The molecule has 1 heterocycles. The Morgan fingerprint density at radius 1 is 1.19 bits per heavy atom. The van der Waals surface area contributed by atoms with E-state index in [9.17, 15) is 0 Å². The SMILES string of the molecule is BrC/C=C/CO[C@H]1CC[C@H](NCc2ncc(Br)cn2)CC1. The zero-order chi connectivity index (χ0) is 14.9. The molecule has 4 nitrogen and oxygen atoms in total. The van der Waals surface area contributed by atoms with Gasteiger partial charge in [-0.05, 0) is 41.6 Å². The molecule has 1 N–H and O–H groups in total. The van der Waals surface area contributed by atoms with E-state index in [1.807, 2.05) is 0 Å². The van der Waals surface area contributed by atoms with Gasteiger partial charge in [0.15, 0.2) is 0 Å². The van der Waals surface area contributed by atoms with Gasteiger partial charge in [0, 0.05) is 23.8 Å². The predicted octanol–water partition coefficient (Wildman–Crippen LogP) is 3.61. The number of hydrogen-bond acceptors (Lipinski definition) is 4. The number of ether oxygens (including phenoxy) is 1. The quantitative estimate of drug-likeness (QED) is 0.542. The molecule has 1 aliphatic carbocycles. The van der Waals surface area contributed by atoms with E-state index in [4.69, 9.17) is 4.74 Å². The van der Waals surface area contributed by atoms with Crippen LogP contribution in [0, 0.1) is 0 Å². The zero-order valence-corrected chi connectivity index (χ0v) is 15.1. The zero-order valence-electron chi connectivity index (χ0n) is 12.0. The molecular weight excluding hydrogens is 398 g/mol. The van der Waals surface area contributed by atoms with Gasteiger partial charge < -0.3 is 10.1 Å². The van der Waals surface area contributed by atoms with Crippen molar-refractivity contribution in [3.8, 4) is 0 Å². The Morgan fingerprint density at radius 3 is 2.57 bits per heavy atom. The van der Waals surface area contributed by atoms with E-state index in [1.54, 1.807) is 12.4 Å². The van der Waals surface area contributed by atoms with Crippen LogP contribution in [-0.4, -0.2) is 34.1 Å². The molecule has 0 aliphatic heterocycles. The summed E-state index contributed by atoms with van der Waals surface area (Å²) < 4.78 is 6.76. The van der Waals surface area contributed by atoms with Crippen LogP contribution in [0.1, 0.15) is 31.5 Å². The Bertz CT molecular complexity index is 431. The Balaban J connectivity index is 1.62. The minimum atomic E-state index is 0.409. The second kappa shape index (κ2) is 9.66. The van der Waals surface area contributed by atoms with Gasteiger partial charge in [-0.3, -0.25) is 0 Å². The summed E-state index contributed by atoms with van der Waals surface area (Å²) in [5, 5.41) is 4.43. The molecule has 0 bridgehead atoms. The van der Waals surface area contributed by atoms with Crippen molar-refractivity contribution >= 4 is 31.9 Å². The number of halogens is 2. The standard InChI is InChI=1S/C15H21Br2N3O/c16-7-1-2-8-21-14-5-3-13(4-6-14)18-11-15-19-9-12(17)10-20-15/h1-2,9-10,13-14,18H,3-8,11H2/b2-1+/t13-,14-. The molecule has 0 amide bonds. The smallest absolute Gasteiger partial charge is 0.142 e. The minimum Gasteiger partial charge on any atom is -0.374 e. The molecule has 0 unspecified atom stereocenters. The van der Waals surface area contributed by atoms with Crippen molar-refractivity contribution in [2.75, 3.05) is 11.9 Å². The lowest BCUT2D eigenvalue weighted by Gasteiger charge is -2.28. The first-order chi connectivity index (χ1) is 10.3. The lowest BCUT2D eigenvalue weighted by Crippen LogP contribution is -2.35. The number of nitrogens with zero attached hydrogens (tertiary/aromatic N) is 2. The predicted molar refractivity (Wildman–Crippen MR) is 91.5 cm³/mol. The highest BCUT2D eigenvalue weighted by Crippen LogP contribution is 2.21. The van der Waals surface area contributed by atoms with Gasteiger partial charge in [0.05, 0.1) is 23.7 Å². The molecule has 1 saturated carbocycles. The van der Waals surface area contributed by atoms with E-state index in [0.29, 0.717) is 12.1 Å². The summed E-state index contributed by atoms with van der Waals surface area (Å²) in [7, 11) is 0. The van der Waals surface area contributed by atoms with Crippen molar-refractivity contribution in [2.45, 2.75) is 44.4 Å². The summed E-state index contributed by atoms with van der Waals surface area (Å²) in [6, 6.07) is 0.551. The average molecular weight is 419 g/mol. The van der Waals surface area contributed by atoms with Crippen molar-refractivity contribution < 1.29 is 4.74 Å². The minimum absolute atomic E-state index is 0.409. The van der Waals surface area contributed by atoms with Gasteiger partial charge in [-0.2, -0.15) is 0 Å². The molecule has 1 aromatic rings. The first kappa shape index (κ1) is 17.1. The normalized spacial score (nSPS) is 22.8. The van der Waals surface area contributed by atoms with E-state index in [-0.39, 0.29) is 0 Å². The van der Waals surface area contributed by atoms with Crippen molar-refractivity contribution in [3.05, 3.63) is 34.8 Å². The van der Waals surface area contributed by atoms with Gasteiger partial charge in [-0.1, -0.05) is 28.1 Å². The monoisotopic (exact) mass is 417 g/mol. The first-order valence-electron chi connectivity index (χ1n) is 7.30. The number of alkyl halides is 1. The third-order valence-electron chi connectivity index (χ3n) is 3.58.